The predicted octanol–water partition coefficient (Wildman–Crippen LogP) is 5.20. The van der Waals surface area contributed by atoms with Gasteiger partial charge in [0.15, 0.2) is 0 Å². The van der Waals surface area contributed by atoms with Gasteiger partial charge in [-0.1, -0.05) is 31.2 Å². The standard InChI is InChI=1S/C25H30ClN5O3Si/c1-5-31-23(27)21(25-28-10-11-30(25)15-34-12-13-35(2,3)4)22(33)17-7-8-19(29-24(17)31)16-6-9-20(32)18(26)14-16/h6-11,14,32H,5,12-13,15,27H2,1-4H3. The molecule has 0 spiro atoms. The maximum absolute atomic E-state index is 13.6. The third-order valence-electron chi connectivity index (χ3n) is 5.87. The number of nitrogens with two attached hydrogens (primary N) is 1. The van der Waals surface area contributed by atoms with Gasteiger partial charge in [-0.25, -0.2) is 9.97 Å². The van der Waals surface area contributed by atoms with Crippen molar-refractivity contribution in [3.05, 3.63) is 58.0 Å². The van der Waals surface area contributed by atoms with Gasteiger partial charge in [-0.3, -0.25) is 4.79 Å². The van der Waals surface area contributed by atoms with Crippen molar-refractivity contribution in [2.75, 3.05) is 12.3 Å². The zero-order valence-corrected chi connectivity index (χ0v) is 22.1. The lowest BCUT2D eigenvalue weighted by Gasteiger charge is -2.18. The Labute approximate surface area is 210 Å². The summed E-state index contributed by atoms with van der Waals surface area (Å²) < 4.78 is 9.51. The van der Waals surface area contributed by atoms with Gasteiger partial charge in [0.1, 0.15) is 35.3 Å². The number of fused-ring (bicyclic) bond motifs is 1. The quantitative estimate of drug-likeness (QED) is 0.248. The Morgan fingerprint density at radius 1 is 1.20 bits per heavy atom. The monoisotopic (exact) mass is 511 g/mol. The second-order valence-corrected chi connectivity index (χ2v) is 15.7. The summed E-state index contributed by atoms with van der Waals surface area (Å²) in [6.45, 7) is 10.3. The highest BCUT2D eigenvalue weighted by molar-refractivity contribution is 6.76. The number of anilines is 1. The van der Waals surface area contributed by atoms with Crippen LogP contribution in [0.15, 0.2) is 47.5 Å². The van der Waals surface area contributed by atoms with Gasteiger partial charge in [-0.05, 0) is 43.3 Å². The van der Waals surface area contributed by atoms with E-state index in [4.69, 9.17) is 27.1 Å². The minimum absolute atomic E-state index is 0.00415. The van der Waals surface area contributed by atoms with Crippen molar-refractivity contribution in [1.82, 2.24) is 19.1 Å². The van der Waals surface area contributed by atoms with E-state index in [1.807, 2.05) is 16.1 Å². The Hall–Kier alpha value is -3.14. The summed E-state index contributed by atoms with van der Waals surface area (Å²) in [5.74, 6) is 0.766. The Bertz CT molecular complexity index is 1440. The molecule has 0 radical (unpaired) electrons. The van der Waals surface area contributed by atoms with Crippen LogP contribution in [0.2, 0.25) is 30.7 Å². The molecule has 3 N–H and O–H groups in total. The van der Waals surface area contributed by atoms with Crippen molar-refractivity contribution in [2.24, 2.45) is 0 Å². The maximum Gasteiger partial charge on any atom is 0.204 e. The Balaban J connectivity index is 1.77. The molecule has 0 atom stereocenters. The number of aryl methyl sites for hydroxylation is 1. The fourth-order valence-electron chi connectivity index (χ4n) is 3.88. The van der Waals surface area contributed by atoms with E-state index < -0.39 is 8.07 Å². The smallest absolute Gasteiger partial charge is 0.204 e. The highest BCUT2D eigenvalue weighted by Gasteiger charge is 2.21. The summed E-state index contributed by atoms with van der Waals surface area (Å²) >= 11 is 6.08. The zero-order chi connectivity index (χ0) is 25.3. The topological polar surface area (TPSA) is 108 Å². The number of phenolic OH excluding ortho intramolecular Hbond substituents is 1. The summed E-state index contributed by atoms with van der Waals surface area (Å²) in [6, 6.07) is 9.43. The SMILES string of the molecule is CCn1c(N)c(-c2nccn2COCC[Si](C)(C)C)c(=O)c2ccc(-c3ccc(O)c(Cl)c3)nc21. The molecule has 0 aliphatic rings. The average Bonchev–Trinajstić information content (AvgIpc) is 3.26. The number of pyridine rings is 2. The van der Waals surface area contributed by atoms with Gasteiger partial charge in [-0.15, -0.1) is 0 Å². The first-order valence-corrected chi connectivity index (χ1v) is 15.6. The molecule has 0 saturated carbocycles. The molecule has 0 aliphatic carbocycles. The number of nitrogens with zero attached hydrogens (tertiary/aromatic N) is 4. The van der Waals surface area contributed by atoms with E-state index in [0.717, 1.165) is 11.6 Å². The molecule has 0 bridgehead atoms. The first kappa shape index (κ1) is 25.0. The summed E-state index contributed by atoms with van der Waals surface area (Å²) in [5, 5.41) is 10.4. The molecule has 0 saturated heterocycles. The number of hydrogen-bond donors (Lipinski definition) is 2. The van der Waals surface area contributed by atoms with Crippen LogP contribution in [0, 0.1) is 0 Å². The van der Waals surface area contributed by atoms with Crippen LogP contribution >= 0.6 is 11.6 Å². The molecular weight excluding hydrogens is 482 g/mol. The predicted molar refractivity (Wildman–Crippen MR) is 144 cm³/mol. The van der Waals surface area contributed by atoms with Crippen LogP contribution in [0.4, 0.5) is 5.82 Å². The fraction of sp³-hybridized carbons (Fsp3) is 0.320. The van der Waals surface area contributed by atoms with Crippen molar-refractivity contribution in [3.63, 3.8) is 0 Å². The Morgan fingerprint density at radius 2 is 1.97 bits per heavy atom. The van der Waals surface area contributed by atoms with Crippen LogP contribution in [-0.4, -0.2) is 38.9 Å². The number of nitrogen functional groups attached to an aromatic ring is 1. The van der Waals surface area contributed by atoms with Crippen molar-refractivity contribution < 1.29 is 9.84 Å². The molecule has 1 aromatic carbocycles. The Kier molecular flexibility index (Phi) is 7.02. The van der Waals surface area contributed by atoms with Gasteiger partial charge in [0.2, 0.25) is 5.43 Å². The van der Waals surface area contributed by atoms with Crippen LogP contribution in [0.5, 0.6) is 5.75 Å². The highest BCUT2D eigenvalue weighted by Crippen LogP contribution is 2.31. The molecule has 3 heterocycles. The summed E-state index contributed by atoms with van der Waals surface area (Å²) in [7, 11) is -1.20. The zero-order valence-electron chi connectivity index (χ0n) is 20.4. The lowest BCUT2D eigenvalue weighted by Crippen LogP contribution is -2.22. The van der Waals surface area contributed by atoms with E-state index in [1.165, 1.54) is 6.07 Å². The van der Waals surface area contributed by atoms with Crippen LogP contribution in [0.3, 0.4) is 0 Å². The number of aromatic hydroxyl groups is 1. The molecule has 4 rings (SSSR count). The van der Waals surface area contributed by atoms with Crippen molar-refractivity contribution in [1.29, 1.82) is 0 Å². The normalized spacial score (nSPS) is 11.9. The second kappa shape index (κ2) is 9.85. The number of benzene rings is 1. The molecule has 0 aliphatic heterocycles. The molecule has 3 aromatic heterocycles. The van der Waals surface area contributed by atoms with Gasteiger partial charge < -0.3 is 24.7 Å². The van der Waals surface area contributed by atoms with Crippen LogP contribution in [-0.2, 0) is 18.0 Å². The Morgan fingerprint density at radius 3 is 2.66 bits per heavy atom. The fourth-order valence-corrected chi connectivity index (χ4v) is 4.81. The third-order valence-corrected chi connectivity index (χ3v) is 7.88. The molecule has 8 nitrogen and oxygen atoms in total. The summed E-state index contributed by atoms with van der Waals surface area (Å²) in [5.41, 5.74) is 8.46. The number of hydrogen-bond acceptors (Lipinski definition) is 6. The van der Waals surface area contributed by atoms with Gasteiger partial charge in [0.25, 0.3) is 0 Å². The van der Waals surface area contributed by atoms with Crippen LogP contribution in [0.1, 0.15) is 6.92 Å². The van der Waals surface area contributed by atoms with Crippen molar-refractivity contribution >= 4 is 36.5 Å². The van der Waals surface area contributed by atoms with Gasteiger partial charge in [0, 0.05) is 39.2 Å². The summed E-state index contributed by atoms with van der Waals surface area (Å²) in [6.07, 6.45) is 3.44. The molecule has 10 heteroatoms. The first-order chi connectivity index (χ1) is 16.6. The molecule has 184 valence electrons. The highest BCUT2D eigenvalue weighted by atomic mass is 35.5. The number of phenols is 1. The van der Waals surface area contributed by atoms with E-state index in [2.05, 4.69) is 24.6 Å². The molecule has 35 heavy (non-hydrogen) atoms. The number of aromatic nitrogens is 4. The van der Waals surface area contributed by atoms with Crippen LogP contribution < -0.4 is 11.2 Å². The third kappa shape index (κ3) is 5.12. The average molecular weight is 512 g/mol. The molecular formula is C25H30ClN5O3Si. The lowest BCUT2D eigenvalue weighted by molar-refractivity contribution is 0.0883. The largest absolute Gasteiger partial charge is 0.506 e. The van der Waals surface area contributed by atoms with Gasteiger partial charge >= 0.3 is 0 Å². The van der Waals surface area contributed by atoms with Crippen molar-refractivity contribution in [2.45, 2.75) is 45.9 Å². The molecule has 0 unspecified atom stereocenters. The minimum atomic E-state index is -1.20. The van der Waals surface area contributed by atoms with E-state index in [0.29, 0.717) is 53.8 Å². The molecule has 4 aromatic rings. The van der Waals surface area contributed by atoms with E-state index in [1.54, 1.807) is 36.7 Å². The summed E-state index contributed by atoms with van der Waals surface area (Å²) in [4.78, 5) is 22.8. The number of ether oxygens (including phenoxy) is 1. The first-order valence-electron chi connectivity index (χ1n) is 11.5. The second-order valence-electron chi connectivity index (χ2n) is 9.64. The van der Waals surface area contributed by atoms with E-state index in [9.17, 15) is 9.90 Å². The van der Waals surface area contributed by atoms with E-state index in [-0.39, 0.29) is 16.2 Å². The number of imidazole rings is 1. The van der Waals surface area contributed by atoms with Gasteiger partial charge in [-0.2, -0.15) is 0 Å². The van der Waals surface area contributed by atoms with Gasteiger partial charge in [0.05, 0.1) is 16.1 Å². The van der Waals surface area contributed by atoms with E-state index >= 15 is 0 Å². The number of halogens is 1. The minimum Gasteiger partial charge on any atom is -0.506 e. The maximum atomic E-state index is 13.6. The number of rotatable bonds is 8. The lowest BCUT2D eigenvalue weighted by atomic mass is 10.1. The van der Waals surface area contributed by atoms with Crippen LogP contribution in [0.25, 0.3) is 33.7 Å². The molecule has 0 amide bonds. The molecule has 0 fully saturated rings. The van der Waals surface area contributed by atoms with Crippen molar-refractivity contribution in [3.8, 4) is 28.4 Å².